The highest BCUT2D eigenvalue weighted by atomic mass is 16.7. The smallest absolute Gasteiger partial charge is 0.395 e. The number of carbonyl (C=O) groups is 1. The van der Waals surface area contributed by atoms with E-state index in [2.05, 4.69) is 97.6 Å². The van der Waals surface area contributed by atoms with Gasteiger partial charge in [0.1, 0.15) is 5.75 Å². The van der Waals surface area contributed by atoms with E-state index in [4.69, 9.17) is 15.9 Å². The minimum absolute atomic E-state index is 0.00621. The predicted molar refractivity (Wildman–Crippen MR) is 224 cm³/mol. The van der Waals surface area contributed by atoms with E-state index < -0.39 is 6.16 Å². The number of benzene rings is 4. The molecule has 1 aliphatic rings. The molecular weight excluding hydrogens is 651 g/mol. The van der Waals surface area contributed by atoms with E-state index in [0.717, 1.165) is 60.3 Å². The van der Waals surface area contributed by atoms with Gasteiger partial charge in [-0.2, -0.15) is 0 Å². The van der Waals surface area contributed by atoms with Crippen molar-refractivity contribution in [3.8, 4) is 18.1 Å². The fraction of sp³-hybridized carbons (Fsp3) is 0.286. The van der Waals surface area contributed by atoms with Crippen LogP contribution in [0.5, 0.6) is 5.75 Å². The van der Waals surface area contributed by atoms with Crippen molar-refractivity contribution in [2.75, 3.05) is 4.90 Å². The molecule has 53 heavy (non-hydrogen) atoms. The summed E-state index contributed by atoms with van der Waals surface area (Å²) in [7, 11) is 0. The predicted octanol–water partition coefficient (Wildman–Crippen LogP) is 14.0. The summed E-state index contributed by atoms with van der Waals surface area (Å²) in [5.74, 6) is 2.93. The van der Waals surface area contributed by atoms with Crippen molar-refractivity contribution >= 4 is 17.5 Å². The van der Waals surface area contributed by atoms with Crippen LogP contribution in [0.1, 0.15) is 97.1 Å². The van der Waals surface area contributed by atoms with Crippen LogP contribution in [-0.4, -0.2) is 6.16 Å². The molecule has 0 N–H and O–H groups in total. The number of carbonyl (C=O) groups excluding carboxylic acids is 1. The average molecular weight is 708 g/mol. The summed E-state index contributed by atoms with van der Waals surface area (Å²) in [6.07, 6.45) is 16.8. The van der Waals surface area contributed by atoms with Crippen molar-refractivity contribution < 1.29 is 14.3 Å². The Hall–Kier alpha value is -5.53. The van der Waals surface area contributed by atoms with Gasteiger partial charge in [-0.1, -0.05) is 143 Å². The third kappa shape index (κ3) is 12.9. The third-order valence-corrected chi connectivity index (χ3v) is 9.20. The zero-order valence-corrected chi connectivity index (χ0v) is 32.4. The Morgan fingerprint density at radius 1 is 0.755 bits per heavy atom. The molecule has 0 radical (unpaired) electrons. The zero-order chi connectivity index (χ0) is 38.5. The topological polar surface area (TPSA) is 38.8 Å². The van der Waals surface area contributed by atoms with Crippen LogP contribution in [0.15, 0.2) is 163 Å². The van der Waals surface area contributed by atoms with Gasteiger partial charge in [-0.15, -0.1) is 13.0 Å². The van der Waals surface area contributed by atoms with Crippen molar-refractivity contribution in [3.05, 3.63) is 174 Å². The maximum absolute atomic E-state index is 12.3. The number of rotatable bonds is 12. The van der Waals surface area contributed by atoms with Crippen LogP contribution in [0.3, 0.4) is 0 Å². The number of hydrogen-bond donors (Lipinski definition) is 0. The largest absolute Gasteiger partial charge is 0.520 e. The van der Waals surface area contributed by atoms with E-state index >= 15 is 0 Å². The van der Waals surface area contributed by atoms with E-state index in [-0.39, 0.29) is 11.2 Å². The summed E-state index contributed by atoms with van der Waals surface area (Å²) in [4.78, 5) is 14.5. The van der Waals surface area contributed by atoms with Gasteiger partial charge in [0.15, 0.2) is 5.76 Å². The average Bonchev–Trinajstić information content (AvgIpc) is 3.21. The zero-order valence-electron chi connectivity index (χ0n) is 32.4. The lowest BCUT2D eigenvalue weighted by molar-refractivity contribution is 0.130. The van der Waals surface area contributed by atoms with Gasteiger partial charge in [0, 0.05) is 22.5 Å². The molecule has 0 atom stereocenters. The van der Waals surface area contributed by atoms with Crippen LogP contribution in [-0.2, 0) is 10.2 Å². The second-order valence-corrected chi connectivity index (χ2v) is 13.1. The van der Waals surface area contributed by atoms with E-state index in [1.54, 1.807) is 6.08 Å². The maximum Gasteiger partial charge on any atom is 0.520 e. The number of nitrogens with zero attached hydrogens (tertiary/aromatic N) is 1. The monoisotopic (exact) mass is 707 g/mol. The van der Waals surface area contributed by atoms with Gasteiger partial charge in [0.05, 0.1) is 0 Å². The molecule has 276 valence electrons. The Morgan fingerprint density at radius 2 is 1.26 bits per heavy atom. The first-order valence-corrected chi connectivity index (χ1v) is 18.9. The molecule has 0 aromatic heterocycles. The first kappa shape index (κ1) is 41.9. The van der Waals surface area contributed by atoms with Gasteiger partial charge in [-0.3, -0.25) is 0 Å². The fourth-order valence-corrected chi connectivity index (χ4v) is 6.36. The first-order valence-electron chi connectivity index (χ1n) is 18.9. The standard InChI is InChI=1S/C31H34O3.C16H17N.C2H6/c1-5-28(19-16-25(4)15-14-24(2)3)33-30(32)34-29-20-17-27(18-21-29)31(22-10-7-11-23-31)26-12-8-6-9-13-26;1-3-14(2)17(15-10-6-4-7-11-15)16-12-8-5-9-13-16;1-2/h1,6,8-9,12-13,16-21H,2,7,10-11,14-15,22-23H2,3-4H3;4-13H,2-3H2,1H3;1-2H3/b25-16+,28-19+;;. The lowest BCUT2D eigenvalue weighted by Crippen LogP contribution is -2.30. The van der Waals surface area contributed by atoms with Crippen molar-refractivity contribution in [1.82, 2.24) is 0 Å². The highest BCUT2D eigenvalue weighted by molar-refractivity contribution is 5.68. The van der Waals surface area contributed by atoms with E-state index in [1.165, 1.54) is 30.4 Å². The summed E-state index contributed by atoms with van der Waals surface area (Å²) < 4.78 is 10.6. The fourth-order valence-electron chi connectivity index (χ4n) is 6.36. The van der Waals surface area contributed by atoms with Gasteiger partial charge in [0.2, 0.25) is 0 Å². The van der Waals surface area contributed by atoms with Gasteiger partial charge in [-0.05, 0) is 105 Å². The molecule has 0 heterocycles. The first-order chi connectivity index (χ1) is 25.8. The number of para-hydroxylation sites is 2. The minimum atomic E-state index is -0.847. The molecule has 0 saturated heterocycles. The van der Waals surface area contributed by atoms with Crippen molar-refractivity contribution in [3.63, 3.8) is 0 Å². The molecule has 0 aliphatic heterocycles. The van der Waals surface area contributed by atoms with Crippen LogP contribution in [0.25, 0.3) is 0 Å². The Bertz CT molecular complexity index is 1770. The quantitative estimate of drug-likeness (QED) is 0.0367. The molecule has 4 aromatic carbocycles. The SMILES string of the molecule is C#C/C(=C\C=C(/C)CCC(=C)C)OC(=O)Oc1ccc(C2(c3ccccc3)CCCCC2)cc1.C=C(CC)N(c1ccccc1)c1ccccc1.CC. The Morgan fingerprint density at radius 3 is 1.75 bits per heavy atom. The number of hydrogen-bond acceptors (Lipinski definition) is 4. The highest BCUT2D eigenvalue weighted by Gasteiger charge is 2.35. The lowest BCUT2D eigenvalue weighted by Gasteiger charge is -2.38. The molecule has 1 aliphatic carbocycles. The summed E-state index contributed by atoms with van der Waals surface area (Å²) in [5.41, 5.74) is 8.26. The minimum Gasteiger partial charge on any atom is -0.395 e. The van der Waals surface area contributed by atoms with Gasteiger partial charge >= 0.3 is 6.16 Å². The Kier molecular flexibility index (Phi) is 17.7. The normalized spacial score (nSPS) is 13.4. The molecule has 5 rings (SSSR count). The number of ether oxygens (including phenoxy) is 2. The Labute approximate surface area is 319 Å². The van der Waals surface area contributed by atoms with Gasteiger partial charge in [-0.25, -0.2) is 4.79 Å². The van der Waals surface area contributed by atoms with Crippen molar-refractivity contribution in [2.24, 2.45) is 0 Å². The number of anilines is 2. The molecule has 0 amide bonds. The van der Waals surface area contributed by atoms with Crippen molar-refractivity contribution in [2.45, 2.75) is 91.4 Å². The summed E-state index contributed by atoms with van der Waals surface area (Å²) >= 11 is 0. The maximum atomic E-state index is 12.3. The lowest BCUT2D eigenvalue weighted by atomic mass is 9.65. The molecule has 1 fully saturated rings. The second-order valence-electron chi connectivity index (χ2n) is 13.1. The molecule has 1 saturated carbocycles. The summed E-state index contributed by atoms with van der Waals surface area (Å²) in [6.45, 7) is 18.2. The van der Waals surface area contributed by atoms with Crippen LogP contribution >= 0.6 is 0 Å². The van der Waals surface area contributed by atoms with Crippen LogP contribution in [0.2, 0.25) is 0 Å². The van der Waals surface area contributed by atoms with Crippen molar-refractivity contribution in [1.29, 1.82) is 0 Å². The number of allylic oxidation sites excluding steroid dienone is 6. The van der Waals surface area contributed by atoms with E-state index in [0.29, 0.717) is 5.75 Å². The molecular formula is C49H57NO3. The Balaban J connectivity index is 0.000000332. The number of terminal acetylenes is 1. The molecule has 4 aromatic rings. The summed E-state index contributed by atoms with van der Waals surface area (Å²) in [6, 6.07) is 39.2. The van der Waals surface area contributed by atoms with Gasteiger partial charge < -0.3 is 14.4 Å². The third-order valence-electron chi connectivity index (χ3n) is 9.20. The molecule has 4 nitrogen and oxygen atoms in total. The van der Waals surface area contributed by atoms with E-state index in [1.807, 2.05) is 82.3 Å². The van der Waals surface area contributed by atoms with E-state index in [9.17, 15) is 4.79 Å². The highest BCUT2D eigenvalue weighted by Crippen LogP contribution is 2.45. The van der Waals surface area contributed by atoms with Crippen LogP contribution in [0.4, 0.5) is 16.2 Å². The molecule has 0 spiro atoms. The molecule has 0 bridgehead atoms. The molecule has 4 heteroatoms. The van der Waals surface area contributed by atoms with Crippen LogP contribution in [0, 0.1) is 12.3 Å². The summed E-state index contributed by atoms with van der Waals surface area (Å²) in [5, 5.41) is 0. The van der Waals surface area contributed by atoms with Gasteiger partial charge in [0.25, 0.3) is 0 Å². The second kappa shape index (κ2) is 22.4. The molecule has 0 unspecified atom stereocenters. The van der Waals surface area contributed by atoms with Crippen LogP contribution < -0.4 is 9.64 Å².